The van der Waals surface area contributed by atoms with Crippen LogP contribution in [0.4, 0.5) is 0 Å². The summed E-state index contributed by atoms with van der Waals surface area (Å²) in [7, 11) is -0.593. The number of nitrogens with zero attached hydrogens (tertiary/aromatic N) is 3. The second-order valence-electron chi connectivity index (χ2n) is 18.9. The SMILES string of the molecule is CC(C)(C)c1cc(-c2cc(B3OC(C)(C)C(C)(C)O3)cc(-c3nc(-c4ccccc4-c4ccccc4)nc(-c4ccccc4-c4ccccc4)n3)c2)cc(C(C)(C)C)c1. The van der Waals surface area contributed by atoms with Crippen molar-refractivity contribution in [1.29, 1.82) is 0 Å². The van der Waals surface area contributed by atoms with E-state index in [9.17, 15) is 0 Å². The molecule has 1 aliphatic rings. The van der Waals surface area contributed by atoms with Crippen LogP contribution >= 0.6 is 0 Å². The van der Waals surface area contributed by atoms with E-state index in [1.54, 1.807) is 0 Å². The van der Waals surface area contributed by atoms with Gasteiger partial charge in [0.2, 0.25) is 0 Å². The van der Waals surface area contributed by atoms with Crippen LogP contribution in [0.5, 0.6) is 0 Å². The molecule has 1 aliphatic heterocycles. The minimum absolute atomic E-state index is 0.0571. The fourth-order valence-electron chi connectivity index (χ4n) is 7.56. The van der Waals surface area contributed by atoms with Crippen molar-refractivity contribution in [3.8, 4) is 67.5 Å². The quantitative estimate of drug-likeness (QED) is 0.151. The van der Waals surface area contributed by atoms with Gasteiger partial charge in [0.05, 0.1) is 11.2 Å². The average Bonchev–Trinajstić information content (AvgIpc) is 3.45. The van der Waals surface area contributed by atoms with Crippen LogP contribution in [-0.4, -0.2) is 33.3 Å². The van der Waals surface area contributed by atoms with Gasteiger partial charge in [-0.05, 0) is 94.6 Å². The van der Waals surface area contributed by atoms with Gasteiger partial charge in [0.1, 0.15) is 0 Å². The summed E-state index contributed by atoms with van der Waals surface area (Å²) in [4.78, 5) is 16.0. The molecular formula is C53H54BN3O2. The topological polar surface area (TPSA) is 57.1 Å². The van der Waals surface area contributed by atoms with E-state index in [1.165, 1.54) is 11.1 Å². The molecule has 0 spiro atoms. The molecule has 0 radical (unpaired) electrons. The van der Waals surface area contributed by atoms with E-state index in [0.717, 1.165) is 55.5 Å². The Balaban J connectivity index is 1.41. The summed E-state index contributed by atoms with van der Waals surface area (Å²) in [5, 5.41) is 0. The van der Waals surface area contributed by atoms with Crippen molar-refractivity contribution in [2.45, 2.75) is 91.3 Å². The van der Waals surface area contributed by atoms with Crippen molar-refractivity contribution in [2.75, 3.05) is 0 Å². The zero-order valence-electron chi connectivity index (χ0n) is 36.1. The number of hydrogen-bond acceptors (Lipinski definition) is 5. The Morgan fingerprint density at radius 3 is 1.20 bits per heavy atom. The van der Waals surface area contributed by atoms with E-state index in [4.69, 9.17) is 24.3 Å². The highest BCUT2D eigenvalue weighted by atomic mass is 16.7. The van der Waals surface area contributed by atoms with Gasteiger partial charge in [0.25, 0.3) is 0 Å². The third kappa shape index (κ3) is 8.17. The van der Waals surface area contributed by atoms with Gasteiger partial charge in [-0.15, -0.1) is 0 Å². The molecule has 0 aliphatic carbocycles. The van der Waals surface area contributed by atoms with Crippen LogP contribution in [-0.2, 0) is 20.1 Å². The summed E-state index contributed by atoms with van der Waals surface area (Å²) in [5.74, 6) is 1.76. The van der Waals surface area contributed by atoms with E-state index < -0.39 is 18.3 Å². The largest absolute Gasteiger partial charge is 0.494 e. The highest BCUT2D eigenvalue weighted by Gasteiger charge is 2.52. The van der Waals surface area contributed by atoms with Crippen molar-refractivity contribution < 1.29 is 9.31 Å². The van der Waals surface area contributed by atoms with E-state index in [2.05, 4.69) is 203 Å². The lowest BCUT2D eigenvalue weighted by molar-refractivity contribution is 0.00578. The fourth-order valence-corrected chi connectivity index (χ4v) is 7.56. The Hall–Kier alpha value is -5.69. The third-order valence-electron chi connectivity index (χ3n) is 11.9. The van der Waals surface area contributed by atoms with Crippen LogP contribution in [0.15, 0.2) is 146 Å². The van der Waals surface area contributed by atoms with Crippen LogP contribution in [0.1, 0.15) is 80.4 Å². The highest BCUT2D eigenvalue weighted by Crippen LogP contribution is 2.40. The predicted octanol–water partition coefficient (Wildman–Crippen LogP) is 12.8. The van der Waals surface area contributed by atoms with Crippen LogP contribution in [0.2, 0.25) is 0 Å². The summed E-state index contributed by atoms with van der Waals surface area (Å²) < 4.78 is 13.5. The van der Waals surface area contributed by atoms with E-state index in [1.807, 2.05) is 12.1 Å². The van der Waals surface area contributed by atoms with Gasteiger partial charge in [0.15, 0.2) is 17.5 Å². The average molecular weight is 776 g/mol. The second kappa shape index (κ2) is 15.2. The van der Waals surface area contributed by atoms with Gasteiger partial charge >= 0.3 is 7.12 Å². The Labute approximate surface area is 351 Å². The Kier molecular flexibility index (Phi) is 10.3. The summed E-state index contributed by atoms with van der Waals surface area (Å²) >= 11 is 0. The molecule has 6 heteroatoms. The summed E-state index contributed by atoms with van der Waals surface area (Å²) in [6.07, 6.45) is 0. The minimum Gasteiger partial charge on any atom is -0.399 e. The van der Waals surface area contributed by atoms with Gasteiger partial charge < -0.3 is 9.31 Å². The maximum atomic E-state index is 6.73. The molecule has 2 heterocycles. The van der Waals surface area contributed by atoms with Crippen LogP contribution in [0, 0.1) is 0 Å². The van der Waals surface area contributed by atoms with Crippen molar-refractivity contribution in [3.63, 3.8) is 0 Å². The molecule has 1 aromatic heterocycles. The molecule has 1 saturated heterocycles. The Bertz CT molecular complexity index is 2490. The van der Waals surface area contributed by atoms with Crippen molar-refractivity contribution in [2.24, 2.45) is 0 Å². The first-order valence-electron chi connectivity index (χ1n) is 20.7. The Morgan fingerprint density at radius 2 is 0.763 bits per heavy atom. The molecule has 296 valence electrons. The number of hydrogen-bond donors (Lipinski definition) is 0. The first kappa shape index (κ1) is 40.1. The third-order valence-corrected chi connectivity index (χ3v) is 11.9. The smallest absolute Gasteiger partial charge is 0.399 e. The van der Waals surface area contributed by atoms with E-state index in [0.29, 0.717) is 17.5 Å². The molecule has 0 saturated carbocycles. The normalized spacial score (nSPS) is 15.1. The van der Waals surface area contributed by atoms with Crippen molar-refractivity contribution in [1.82, 2.24) is 15.0 Å². The molecule has 59 heavy (non-hydrogen) atoms. The molecule has 0 N–H and O–H groups in total. The lowest BCUT2D eigenvalue weighted by atomic mass is 9.75. The van der Waals surface area contributed by atoms with E-state index in [-0.39, 0.29) is 10.8 Å². The van der Waals surface area contributed by atoms with Gasteiger partial charge in [-0.25, -0.2) is 15.0 Å². The summed E-state index contributed by atoms with van der Waals surface area (Å²) in [5.41, 5.74) is 11.5. The van der Waals surface area contributed by atoms with Gasteiger partial charge in [0, 0.05) is 16.7 Å². The zero-order chi connectivity index (χ0) is 41.7. The summed E-state index contributed by atoms with van der Waals surface area (Å²) in [6.45, 7) is 22.0. The molecule has 0 atom stereocenters. The molecule has 8 rings (SSSR count). The maximum Gasteiger partial charge on any atom is 0.494 e. The van der Waals surface area contributed by atoms with Crippen LogP contribution in [0.25, 0.3) is 67.5 Å². The van der Waals surface area contributed by atoms with Gasteiger partial charge in [-0.3, -0.25) is 0 Å². The molecule has 5 nitrogen and oxygen atoms in total. The number of benzene rings is 6. The van der Waals surface area contributed by atoms with Crippen LogP contribution < -0.4 is 5.46 Å². The highest BCUT2D eigenvalue weighted by molar-refractivity contribution is 6.62. The first-order chi connectivity index (χ1) is 28.0. The molecule has 0 unspecified atom stereocenters. The lowest BCUT2D eigenvalue weighted by Gasteiger charge is -2.32. The standard InChI is InChI=1S/C53H54BN3O2/c1-50(2,3)40-30-38(31-41(34-40)51(4,5)6)37-29-39(33-42(32-37)54-58-52(7,8)53(9,10)59-54)47-55-48(45-27-19-17-25-43(45)35-21-13-11-14-22-35)57-49(56-47)46-28-20-18-26-44(46)36-23-15-12-16-24-36/h11-34H,1-10H3. The molecular weight excluding hydrogens is 721 g/mol. The van der Waals surface area contributed by atoms with Gasteiger partial charge in [-0.2, -0.15) is 0 Å². The summed E-state index contributed by atoms with van der Waals surface area (Å²) in [6, 6.07) is 51.2. The molecule has 6 aromatic carbocycles. The van der Waals surface area contributed by atoms with E-state index >= 15 is 0 Å². The lowest BCUT2D eigenvalue weighted by Crippen LogP contribution is -2.41. The number of rotatable bonds is 7. The van der Waals surface area contributed by atoms with Crippen molar-refractivity contribution in [3.05, 3.63) is 157 Å². The minimum atomic E-state index is -0.593. The number of aromatic nitrogens is 3. The molecule has 0 bridgehead atoms. The zero-order valence-corrected chi connectivity index (χ0v) is 36.1. The fraction of sp³-hybridized carbons (Fsp3) is 0.264. The predicted molar refractivity (Wildman–Crippen MR) is 246 cm³/mol. The van der Waals surface area contributed by atoms with Gasteiger partial charge in [-0.1, -0.05) is 181 Å². The molecule has 7 aromatic rings. The first-order valence-corrected chi connectivity index (χ1v) is 20.7. The second-order valence-corrected chi connectivity index (χ2v) is 18.9. The van der Waals surface area contributed by atoms with Crippen molar-refractivity contribution >= 4 is 12.6 Å². The molecule has 0 amide bonds. The Morgan fingerprint density at radius 1 is 0.390 bits per heavy atom. The van der Waals surface area contributed by atoms with Crippen LogP contribution in [0.3, 0.4) is 0 Å². The monoisotopic (exact) mass is 775 g/mol. The maximum absolute atomic E-state index is 6.73. The molecule has 1 fully saturated rings.